The molecule has 3 aliphatic rings. The van der Waals surface area contributed by atoms with Crippen LogP contribution in [0.25, 0.3) is 0 Å². The summed E-state index contributed by atoms with van der Waals surface area (Å²) in [5.74, 6) is 1.23. The van der Waals surface area contributed by atoms with Gasteiger partial charge in [0.05, 0.1) is 18.3 Å². The Morgan fingerprint density at radius 1 is 1.48 bits per heavy atom. The van der Waals surface area contributed by atoms with Gasteiger partial charge in [-0.25, -0.2) is 0 Å². The third-order valence-corrected chi connectivity index (χ3v) is 6.13. The summed E-state index contributed by atoms with van der Waals surface area (Å²) < 4.78 is 11.5. The Hall–Kier alpha value is -0.640. The minimum Gasteiger partial charge on any atom is -0.367 e. The Labute approximate surface area is 140 Å². The van der Waals surface area contributed by atoms with E-state index in [2.05, 4.69) is 39.8 Å². The van der Waals surface area contributed by atoms with Crippen LogP contribution in [0.5, 0.6) is 0 Å². The molecule has 6 atom stereocenters. The normalized spacial score (nSPS) is 43.1. The fraction of sp³-hybridized carbons (Fsp3) is 0.800. The molecule has 3 nitrogen and oxygen atoms in total. The fourth-order valence-corrected chi connectivity index (χ4v) is 4.43. The van der Waals surface area contributed by atoms with Crippen molar-refractivity contribution in [3.8, 4) is 0 Å². The van der Waals surface area contributed by atoms with Crippen LogP contribution in [0.1, 0.15) is 59.8 Å². The zero-order valence-corrected chi connectivity index (χ0v) is 15.0. The number of rotatable bonds is 4. The van der Waals surface area contributed by atoms with Crippen LogP contribution in [0.4, 0.5) is 0 Å². The molecule has 2 aliphatic heterocycles. The van der Waals surface area contributed by atoms with Crippen molar-refractivity contribution in [2.24, 2.45) is 17.8 Å². The Morgan fingerprint density at radius 3 is 3.00 bits per heavy atom. The van der Waals surface area contributed by atoms with Gasteiger partial charge in [-0.1, -0.05) is 24.6 Å². The highest BCUT2D eigenvalue weighted by atomic mass is 16.6. The molecule has 0 saturated carbocycles. The average molecular weight is 320 g/mol. The van der Waals surface area contributed by atoms with Crippen molar-refractivity contribution in [3.63, 3.8) is 0 Å². The molecule has 130 valence electrons. The molecule has 3 rings (SSSR count). The lowest BCUT2D eigenvalue weighted by Gasteiger charge is -2.31. The van der Waals surface area contributed by atoms with Crippen LogP contribution in [0.15, 0.2) is 23.3 Å². The molecule has 1 aliphatic carbocycles. The van der Waals surface area contributed by atoms with Crippen molar-refractivity contribution in [2.45, 2.75) is 77.8 Å². The first-order valence-electron chi connectivity index (χ1n) is 9.20. The largest absolute Gasteiger partial charge is 0.367 e. The quantitative estimate of drug-likeness (QED) is 0.623. The molecule has 1 N–H and O–H groups in total. The molecular formula is C20H32O3. The van der Waals surface area contributed by atoms with Gasteiger partial charge in [-0.05, 0) is 70.3 Å². The van der Waals surface area contributed by atoms with Gasteiger partial charge in [0, 0.05) is 5.92 Å². The van der Waals surface area contributed by atoms with Crippen molar-refractivity contribution in [1.29, 1.82) is 0 Å². The van der Waals surface area contributed by atoms with Gasteiger partial charge >= 0.3 is 0 Å². The summed E-state index contributed by atoms with van der Waals surface area (Å²) in [5.41, 5.74) is 2.76. The first kappa shape index (κ1) is 17.2. The summed E-state index contributed by atoms with van der Waals surface area (Å²) in [4.78, 5) is 0. The summed E-state index contributed by atoms with van der Waals surface area (Å²) in [6.07, 6.45) is 9.84. The molecule has 0 radical (unpaired) electrons. The van der Waals surface area contributed by atoms with E-state index in [-0.39, 0.29) is 11.5 Å². The van der Waals surface area contributed by atoms with Gasteiger partial charge in [0.2, 0.25) is 0 Å². The molecule has 2 saturated heterocycles. The Bertz CT molecular complexity index is 491. The maximum atomic E-state index is 10.4. The number of aliphatic hydroxyl groups excluding tert-OH is 1. The number of epoxide rings is 1. The SMILES string of the molecule is CC(C)=CCC[C@@H](C)[C@@H]1CC[C@]2(C)O[C@H]2C/C=C2/CO[C@H](O)[C@H]21. The lowest BCUT2D eigenvalue weighted by Crippen LogP contribution is -2.30. The number of hydrogen-bond acceptors (Lipinski definition) is 3. The van der Waals surface area contributed by atoms with Crippen LogP contribution in [-0.2, 0) is 9.47 Å². The summed E-state index contributed by atoms with van der Waals surface area (Å²) >= 11 is 0. The molecule has 2 heterocycles. The van der Waals surface area contributed by atoms with E-state index < -0.39 is 6.29 Å². The van der Waals surface area contributed by atoms with Crippen LogP contribution >= 0.6 is 0 Å². The second kappa shape index (κ2) is 6.70. The number of aliphatic hydroxyl groups is 1. The van der Waals surface area contributed by atoms with Gasteiger partial charge in [0.25, 0.3) is 0 Å². The molecule has 2 fully saturated rings. The van der Waals surface area contributed by atoms with Crippen LogP contribution in [0.2, 0.25) is 0 Å². The molecule has 0 aromatic rings. The van der Waals surface area contributed by atoms with Crippen molar-refractivity contribution < 1.29 is 14.6 Å². The second-order valence-corrected chi connectivity index (χ2v) is 8.20. The first-order chi connectivity index (χ1) is 10.9. The van der Waals surface area contributed by atoms with E-state index >= 15 is 0 Å². The van der Waals surface area contributed by atoms with E-state index in [4.69, 9.17) is 9.47 Å². The summed E-state index contributed by atoms with van der Waals surface area (Å²) in [7, 11) is 0. The highest BCUT2D eigenvalue weighted by Crippen LogP contribution is 2.49. The predicted molar refractivity (Wildman–Crippen MR) is 92.0 cm³/mol. The highest BCUT2D eigenvalue weighted by Gasteiger charge is 2.53. The standard InChI is InChI=1S/C20H32O3/c1-13(2)6-5-7-14(3)16-10-11-20(4)17(23-20)9-8-15-12-22-19(21)18(15)16/h6,8,14,16-19,21H,5,7,9-12H2,1-4H3/b15-8-/t14-,16+,17+,18-,19+,20+/m1/s1. The van der Waals surface area contributed by atoms with Gasteiger partial charge in [0.15, 0.2) is 6.29 Å². The average Bonchev–Trinajstić information content (AvgIpc) is 2.97. The maximum Gasteiger partial charge on any atom is 0.161 e. The number of fused-ring (bicyclic) bond motifs is 2. The molecule has 0 spiro atoms. The van der Waals surface area contributed by atoms with Crippen molar-refractivity contribution in [3.05, 3.63) is 23.3 Å². The third kappa shape index (κ3) is 3.72. The zero-order chi connectivity index (χ0) is 16.6. The number of allylic oxidation sites excluding steroid dienone is 2. The third-order valence-electron chi connectivity index (χ3n) is 6.13. The zero-order valence-electron chi connectivity index (χ0n) is 15.0. The maximum absolute atomic E-state index is 10.4. The smallest absolute Gasteiger partial charge is 0.161 e. The summed E-state index contributed by atoms with van der Waals surface area (Å²) in [6, 6.07) is 0. The van der Waals surface area contributed by atoms with Crippen LogP contribution in [0, 0.1) is 17.8 Å². The lowest BCUT2D eigenvalue weighted by molar-refractivity contribution is -0.0981. The molecule has 23 heavy (non-hydrogen) atoms. The molecule has 0 bridgehead atoms. The van der Waals surface area contributed by atoms with E-state index in [1.165, 1.54) is 17.6 Å². The van der Waals surface area contributed by atoms with E-state index in [0.717, 1.165) is 25.7 Å². The first-order valence-corrected chi connectivity index (χ1v) is 9.20. The van der Waals surface area contributed by atoms with Crippen LogP contribution < -0.4 is 0 Å². The molecule has 0 unspecified atom stereocenters. The molecule has 0 amide bonds. The van der Waals surface area contributed by atoms with Crippen LogP contribution in [-0.4, -0.2) is 29.7 Å². The van der Waals surface area contributed by atoms with Crippen molar-refractivity contribution in [1.82, 2.24) is 0 Å². The lowest BCUT2D eigenvalue weighted by atomic mass is 9.74. The Kier molecular flexibility index (Phi) is 5.01. The topological polar surface area (TPSA) is 42.0 Å². The van der Waals surface area contributed by atoms with E-state index in [0.29, 0.717) is 24.5 Å². The van der Waals surface area contributed by atoms with Gasteiger partial charge in [-0.2, -0.15) is 0 Å². The highest BCUT2D eigenvalue weighted by molar-refractivity contribution is 5.18. The Morgan fingerprint density at radius 2 is 2.26 bits per heavy atom. The molecular weight excluding hydrogens is 288 g/mol. The van der Waals surface area contributed by atoms with Gasteiger partial charge in [-0.3, -0.25) is 0 Å². The Balaban J connectivity index is 1.75. The van der Waals surface area contributed by atoms with Crippen molar-refractivity contribution in [2.75, 3.05) is 6.61 Å². The minimum atomic E-state index is -0.625. The van der Waals surface area contributed by atoms with Gasteiger partial charge in [-0.15, -0.1) is 0 Å². The molecule has 3 heteroatoms. The number of hydrogen-bond donors (Lipinski definition) is 1. The summed E-state index contributed by atoms with van der Waals surface area (Å²) in [6.45, 7) is 9.50. The van der Waals surface area contributed by atoms with Crippen molar-refractivity contribution >= 4 is 0 Å². The van der Waals surface area contributed by atoms with Crippen LogP contribution in [0.3, 0.4) is 0 Å². The van der Waals surface area contributed by atoms with E-state index in [1.54, 1.807) is 0 Å². The second-order valence-electron chi connectivity index (χ2n) is 8.20. The monoisotopic (exact) mass is 320 g/mol. The molecule has 0 aromatic heterocycles. The van der Waals surface area contributed by atoms with E-state index in [9.17, 15) is 5.11 Å². The van der Waals surface area contributed by atoms with Gasteiger partial charge < -0.3 is 14.6 Å². The molecule has 0 aromatic carbocycles. The summed E-state index contributed by atoms with van der Waals surface area (Å²) in [5, 5.41) is 10.4. The van der Waals surface area contributed by atoms with Gasteiger partial charge in [0.1, 0.15) is 0 Å². The predicted octanol–water partition coefficient (Wildman–Crippen LogP) is 4.22. The fourth-order valence-electron chi connectivity index (χ4n) is 4.43. The minimum absolute atomic E-state index is 0.0688. The van der Waals surface area contributed by atoms with E-state index in [1.807, 2.05) is 0 Å². The number of ether oxygens (including phenoxy) is 2.